The summed E-state index contributed by atoms with van der Waals surface area (Å²) in [5, 5.41) is 7.14. The van der Waals surface area contributed by atoms with Gasteiger partial charge in [-0.2, -0.15) is 4.98 Å². The number of nitrogens with two attached hydrogens (primary N) is 1. The minimum atomic E-state index is -0.0129. The van der Waals surface area contributed by atoms with Gasteiger partial charge in [-0.15, -0.1) is 0 Å². The number of amides is 1. The van der Waals surface area contributed by atoms with Crippen LogP contribution in [-0.4, -0.2) is 42.2 Å². The lowest BCUT2D eigenvalue weighted by atomic mass is 10.0. The van der Waals surface area contributed by atoms with Gasteiger partial charge in [0.15, 0.2) is 0 Å². The van der Waals surface area contributed by atoms with E-state index in [-0.39, 0.29) is 11.9 Å². The van der Waals surface area contributed by atoms with Gasteiger partial charge < -0.3 is 21.1 Å². The van der Waals surface area contributed by atoms with E-state index in [4.69, 9.17) is 10.5 Å². The molecule has 7 heteroatoms. The Morgan fingerprint density at radius 1 is 1.14 bits per heavy atom. The SMILES string of the molecule is COCCNc1nc(N)nc2ccc(-c3ccc(C(=O)NC4CC4)cc3)cc12. The number of hydrogen-bond donors (Lipinski definition) is 3. The summed E-state index contributed by atoms with van der Waals surface area (Å²) >= 11 is 0. The van der Waals surface area contributed by atoms with Gasteiger partial charge in [-0.05, 0) is 48.2 Å². The van der Waals surface area contributed by atoms with Crippen LogP contribution >= 0.6 is 0 Å². The number of aromatic nitrogens is 2. The molecule has 1 aliphatic rings. The zero-order valence-electron chi connectivity index (χ0n) is 15.7. The third-order valence-electron chi connectivity index (χ3n) is 4.70. The molecular formula is C21H23N5O2. The molecule has 3 aromatic rings. The Labute approximate surface area is 163 Å². The van der Waals surface area contributed by atoms with Gasteiger partial charge in [0.1, 0.15) is 5.82 Å². The van der Waals surface area contributed by atoms with Crippen molar-refractivity contribution in [2.45, 2.75) is 18.9 Å². The fourth-order valence-corrected chi connectivity index (χ4v) is 3.04. The highest BCUT2D eigenvalue weighted by Crippen LogP contribution is 2.28. The summed E-state index contributed by atoms with van der Waals surface area (Å²) in [5.41, 5.74) is 9.32. The van der Waals surface area contributed by atoms with Crippen molar-refractivity contribution in [3.05, 3.63) is 48.0 Å². The Balaban J connectivity index is 1.61. The summed E-state index contributed by atoms with van der Waals surface area (Å²) in [6.07, 6.45) is 2.16. The van der Waals surface area contributed by atoms with Crippen LogP contribution in [0.15, 0.2) is 42.5 Å². The Kier molecular flexibility index (Phi) is 5.08. The number of carbonyl (C=O) groups excluding carboxylic acids is 1. The van der Waals surface area contributed by atoms with Crippen LogP contribution in [0.4, 0.5) is 11.8 Å². The summed E-state index contributed by atoms with van der Waals surface area (Å²) in [5.74, 6) is 0.897. The summed E-state index contributed by atoms with van der Waals surface area (Å²) in [4.78, 5) is 20.8. The molecule has 0 saturated heterocycles. The van der Waals surface area contributed by atoms with E-state index in [1.54, 1.807) is 7.11 Å². The molecule has 2 aromatic carbocycles. The van der Waals surface area contributed by atoms with Gasteiger partial charge in [-0.25, -0.2) is 4.98 Å². The van der Waals surface area contributed by atoms with Crippen LogP contribution in [0, 0.1) is 0 Å². The molecular weight excluding hydrogens is 354 g/mol. The van der Waals surface area contributed by atoms with Gasteiger partial charge >= 0.3 is 0 Å². The van der Waals surface area contributed by atoms with Crippen LogP contribution < -0.4 is 16.4 Å². The lowest BCUT2D eigenvalue weighted by Gasteiger charge is -2.11. The molecule has 144 valence electrons. The van der Waals surface area contributed by atoms with E-state index in [2.05, 4.69) is 20.6 Å². The van der Waals surface area contributed by atoms with E-state index in [9.17, 15) is 4.79 Å². The minimum Gasteiger partial charge on any atom is -0.383 e. The number of benzene rings is 2. The van der Waals surface area contributed by atoms with Crippen molar-refractivity contribution in [3.8, 4) is 11.1 Å². The van der Waals surface area contributed by atoms with Crippen molar-refractivity contribution in [1.29, 1.82) is 0 Å². The number of nitrogens with zero attached hydrogens (tertiary/aromatic N) is 2. The predicted molar refractivity (Wildman–Crippen MR) is 110 cm³/mol. The number of fused-ring (bicyclic) bond motifs is 1. The molecule has 1 heterocycles. The summed E-state index contributed by atoms with van der Waals surface area (Å²) < 4.78 is 5.09. The van der Waals surface area contributed by atoms with Crippen LogP contribution in [0.3, 0.4) is 0 Å². The Hall–Kier alpha value is -3.19. The lowest BCUT2D eigenvalue weighted by molar-refractivity contribution is 0.0951. The Morgan fingerprint density at radius 3 is 2.61 bits per heavy atom. The molecule has 1 fully saturated rings. The molecule has 1 aromatic heterocycles. The zero-order valence-corrected chi connectivity index (χ0v) is 15.7. The van der Waals surface area contributed by atoms with Gasteiger partial charge in [-0.1, -0.05) is 18.2 Å². The van der Waals surface area contributed by atoms with E-state index >= 15 is 0 Å². The number of hydrogen-bond acceptors (Lipinski definition) is 6. The average Bonchev–Trinajstić information content (AvgIpc) is 3.52. The molecule has 1 amide bonds. The van der Waals surface area contributed by atoms with E-state index in [0.29, 0.717) is 30.6 Å². The first-order valence-electron chi connectivity index (χ1n) is 9.35. The molecule has 28 heavy (non-hydrogen) atoms. The highest BCUT2D eigenvalue weighted by atomic mass is 16.5. The maximum absolute atomic E-state index is 12.2. The zero-order chi connectivity index (χ0) is 19.5. The quantitative estimate of drug-likeness (QED) is 0.547. The smallest absolute Gasteiger partial charge is 0.251 e. The van der Waals surface area contributed by atoms with Crippen molar-refractivity contribution in [2.75, 3.05) is 31.3 Å². The third kappa shape index (κ3) is 4.04. The van der Waals surface area contributed by atoms with Crippen LogP contribution in [0.5, 0.6) is 0 Å². The first kappa shape index (κ1) is 18.2. The number of carbonyl (C=O) groups is 1. The fraction of sp³-hybridized carbons (Fsp3) is 0.286. The molecule has 4 rings (SSSR count). The van der Waals surface area contributed by atoms with Crippen molar-refractivity contribution in [2.24, 2.45) is 0 Å². The van der Waals surface area contributed by atoms with Gasteiger partial charge in [-0.3, -0.25) is 4.79 Å². The van der Waals surface area contributed by atoms with Gasteiger partial charge in [0.25, 0.3) is 5.91 Å². The van der Waals surface area contributed by atoms with E-state index in [1.165, 1.54) is 0 Å². The van der Waals surface area contributed by atoms with Crippen molar-refractivity contribution >= 4 is 28.6 Å². The summed E-state index contributed by atoms with van der Waals surface area (Å²) in [6, 6.07) is 13.9. The number of ether oxygens (including phenoxy) is 1. The molecule has 4 N–H and O–H groups in total. The maximum Gasteiger partial charge on any atom is 0.251 e. The van der Waals surface area contributed by atoms with Gasteiger partial charge in [0.2, 0.25) is 5.95 Å². The molecule has 0 radical (unpaired) electrons. The Morgan fingerprint density at radius 2 is 1.89 bits per heavy atom. The molecule has 7 nitrogen and oxygen atoms in total. The molecule has 0 unspecified atom stereocenters. The van der Waals surface area contributed by atoms with Crippen LogP contribution in [0.25, 0.3) is 22.0 Å². The molecule has 0 spiro atoms. The normalized spacial score (nSPS) is 13.5. The monoisotopic (exact) mass is 377 g/mol. The summed E-state index contributed by atoms with van der Waals surface area (Å²) in [6.45, 7) is 1.19. The second kappa shape index (κ2) is 7.82. The van der Waals surface area contributed by atoms with Crippen molar-refractivity contribution in [3.63, 3.8) is 0 Å². The topological polar surface area (TPSA) is 102 Å². The maximum atomic E-state index is 12.2. The van der Waals surface area contributed by atoms with Gasteiger partial charge in [0.05, 0.1) is 12.1 Å². The average molecular weight is 377 g/mol. The second-order valence-corrected chi connectivity index (χ2v) is 6.91. The predicted octanol–water partition coefficient (Wildman–Crippen LogP) is 2.83. The highest BCUT2D eigenvalue weighted by molar-refractivity contribution is 5.96. The molecule has 0 aliphatic heterocycles. The van der Waals surface area contributed by atoms with Gasteiger partial charge in [0, 0.05) is 30.6 Å². The van der Waals surface area contributed by atoms with E-state index in [0.717, 1.165) is 34.9 Å². The highest BCUT2D eigenvalue weighted by Gasteiger charge is 2.23. The minimum absolute atomic E-state index is 0.0129. The number of anilines is 2. The summed E-state index contributed by atoms with van der Waals surface area (Å²) in [7, 11) is 1.65. The number of nitrogens with one attached hydrogen (secondary N) is 2. The van der Waals surface area contributed by atoms with Crippen molar-refractivity contribution in [1.82, 2.24) is 15.3 Å². The molecule has 0 bridgehead atoms. The van der Waals surface area contributed by atoms with Crippen LogP contribution in [0.1, 0.15) is 23.2 Å². The molecule has 1 aliphatic carbocycles. The number of nitrogen functional groups attached to an aromatic ring is 1. The standard InChI is InChI=1S/C21H23N5O2/c1-28-11-10-23-19-17-12-15(6-9-18(17)25-21(22)26-19)13-2-4-14(5-3-13)20(27)24-16-7-8-16/h2-6,9,12,16H,7-8,10-11H2,1H3,(H,24,27)(H3,22,23,25,26). The molecule has 1 saturated carbocycles. The van der Waals surface area contributed by atoms with E-state index < -0.39 is 0 Å². The number of rotatable bonds is 7. The molecule has 0 atom stereocenters. The first-order valence-corrected chi connectivity index (χ1v) is 9.35. The second-order valence-electron chi connectivity index (χ2n) is 6.91. The Bertz CT molecular complexity index is 1000. The largest absolute Gasteiger partial charge is 0.383 e. The third-order valence-corrected chi connectivity index (χ3v) is 4.70. The first-order chi connectivity index (χ1) is 13.6. The van der Waals surface area contributed by atoms with Crippen LogP contribution in [0.2, 0.25) is 0 Å². The number of methoxy groups -OCH3 is 1. The fourth-order valence-electron chi connectivity index (χ4n) is 3.04. The lowest BCUT2D eigenvalue weighted by Crippen LogP contribution is -2.25. The van der Waals surface area contributed by atoms with Crippen molar-refractivity contribution < 1.29 is 9.53 Å². The van der Waals surface area contributed by atoms with Crippen LogP contribution in [-0.2, 0) is 4.74 Å². The van der Waals surface area contributed by atoms with E-state index in [1.807, 2.05) is 42.5 Å².